The molecule has 0 atom stereocenters. The predicted molar refractivity (Wildman–Crippen MR) is 93.7 cm³/mol. The van der Waals surface area contributed by atoms with Crippen LogP contribution in [-0.2, 0) is 6.54 Å². The molecule has 0 unspecified atom stereocenters. The molecule has 2 aromatic carbocycles. The monoisotopic (exact) mass is 447 g/mol. The van der Waals surface area contributed by atoms with Crippen molar-refractivity contribution in [2.24, 2.45) is 0 Å². The van der Waals surface area contributed by atoms with Crippen LogP contribution in [0.3, 0.4) is 0 Å². The number of benzene rings is 2. The van der Waals surface area contributed by atoms with Crippen LogP contribution in [0.25, 0.3) is 0 Å². The van der Waals surface area contributed by atoms with Gasteiger partial charge in [0.25, 0.3) is 0 Å². The number of rotatable bonds is 5. The molecule has 3 nitrogen and oxygen atoms in total. The molecule has 0 aliphatic rings. The molecular formula is C15H15BrINO2. The molecule has 20 heavy (non-hydrogen) atoms. The van der Waals surface area contributed by atoms with E-state index >= 15 is 0 Å². The zero-order chi connectivity index (χ0) is 14.5. The van der Waals surface area contributed by atoms with Gasteiger partial charge in [-0.15, -0.1) is 0 Å². The number of nitrogens with one attached hydrogen (secondary N) is 1. The van der Waals surface area contributed by atoms with Crippen LogP contribution >= 0.6 is 38.5 Å². The fourth-order valence-corrected chi connectivity index (χ4v) is 2.86. The van der Waals surface area contributed by atoms with E-state index in [1.165, 1.54) is 3.57 Å². The molecule has 0 aliphatic carbocycles. The Morgan fingerprint density at radius 3 is 2.40 bits per heavy atom. The summed E-state index contributed by atoms with van der Waals surface area (Å²) < 4.78 is 12.8. The molecule has 0 radical (unpaired) electrons. The van der Waals surface area contributed by atoms with Crippen molar-refractivity contribution < 1.29 is 9.47 Å². The average Bonchev–Trinajstić information content (AvgIpc) is 2.46. The third-order valence-electron chi connectivity index (χ3n) is 2.83. The fraction of sp³-hybridized carbons (Fsp3) is 0.200. The summed E-state index contributed by atoms with van der Waals surface area (Å²) in [5.41, 5.74) is 2.21. The van der Waals surface area contributed by atoms with Gasteiger partial charge >= 0.3 is 0 Å². The molecule has 0 saturated carbocycles. The van der Waals surface area contributed by atoms with Crippen molar-refractivity contribution in [3.05, 3.63) is 50.0 Å². The third kappa shape index (κ3) is 3.79. The molecule has 2 rings (SSSR count). The van der Waals surface area contributed by atoms with Gasteiger partial charge in [0.1, 0.15) is 0 Å². The lowest BCUT2D eigenvalue weighted by molar-refractivity contribution is 0.352. The maximum absolute atomic E-state index is 5.34. The van der Waals surface area contributed by atoms with Crippen LogP contribution < -0.4 is 14.8 Å². The van der Waals surface area contributed by atoms with Crippen molar-refractivity contribution in [3.8, 4) is 11.5 Å². The van der Waals surface area contributed by atoms with Crippen molar-refractivity contribution in [2.45, 2.75) is 6.54 Å². The van der Waals surface area contributed by atoms with Gasteiger partial charge in [0.15, 0.2) is 11.5 Å². The number of hydrogen-bond acceptors (Lipinski definition) is 3. The molecule has 1 N–H and O–H groups in total. The Morgan fingerprint density at radius 1 is 1.10 bits per heavy atom. The standard InChI is InChI=1S/C15H15BrINO2/c1-19-14-8-10(7-13(16)15(14)20-2)9-18-12-5-3-11(17)4-6-12/h3-8,18H,9H2,1-2H3. The molecule has 0 heterocycles. The molecule has 0 aromatic heterocycles. The number of ether oxygens (including phenoxy) is 2. The van der Waals surface area contributed by atoms with E-state index in [0.29, 0.717) is 5.75 Å². The first-order valence-electron chi connectivity index (χ1n) is 6.04. The second kappa shape index (κ2) is 7.17. The first kappa shape index (κ1) is 15.4. The van der Waals surface area contributed by atoms with Crippen molar-refractivity contribution >= 4 is 44.2 Å². The Hall–Kier alpha value is -0.950. The van der Waals surface area contributed by atoms with Crippen LogP contribution in [0.4, 0.5) is 5.69 Å². The Morgan fingerprint density at radius 2 is 1.80 bits per heavy atom. The molecular weight excluding hydrogens is 433 g/mol. The summed E-state index contributed by atoms with van der Waals surface area (Å²) in [4.78, 5) is 0. The van der Waals surface area contributed by atoms with Crippen LogP contribution in [0.1, 0.15) is 5.56 Å². The molecule has 0 bridgehead atoms. The van der Waals surface area contributed by atoms with Gasteiger partial charge < -0.3 is 14.8 Å². The topological polar surface area (TPSA) is 30.5 Å². The number of halogens is 2. The summed E-state index contributed by atoms with van der Waals surface area (Å²) in [6.07, 6.45) is 0. The fourth-order valence-electron chi connectivity index (χ4n) is 1.85. The van der Waals surface area contributed by atoms with E-state index < -0.39 is 0 Å². The third-order valence-corrected chi connectivity index (χ3v) is 4.14. The zero-order valence-corrected chi connectivity index (χ0v) is 15.0. The van der Waals surface area contributed by atoms with E-state index in [1.807, 2.05) is 12.1 Å². The molecule has 0 amide bonds. The number of methoxy groups -OCH3 is 2. The van der Waals surface area contributed by atoms with Crippen molar-refractivity contribution in [2.75, 3.05) is 19.5 Å². The van der Waals surface area contributed by atoms with E-state index in [1.54, 1.807) is 14.2 Å². The Bertz CT molecular complexity index is 587. The van der Waals surface area contributed by atoms with Gasteiger partial charge in [-0.05, 0) is 80.5 Å². The first-order valence-corrected chi connectivity index (χ1v) is 7.91. The number of anilines is 1. The Kier molecular flexibility index (Phi) is 5.54. The molecule has 2 aromatic rings. The molecule has 5 heteroatoms. The highest BCUT2D eigenvalue weighted by Crippen LogP contribution is 2.36. The second-order valence-electron chi connectivity index (χ2n) is 4.17. The van der Waals surface area contributed by atoms with Crippen molar-refractivity contribution in [3.63, 3.8) is 0 Å². The summed E-state index contributed by atoms with van der Waals surface area (Å²) in [5, 5.41) is 3.38. The summed E-state index contributed by atoms with van der Waals surface area (Å²) in [6, 6.07) is 12.3. The van der Waals surface area contributed by atoms with E-state index in [4.69, 9.17) is 9.47 Å². The highest BCUT2D eigenvalue weighted by molar-refractivity contribution is 14.1. The van der Waals surface area contributed by atoms with E-state index in [2.05, 4.69) is 68.1 Å². The molecule has 0 saturated heterocycles. The highest BCUT2D eigenvalue weighted by Gasteiger charge is 2.10. The quantitative estimate of drug-likeness (QED) is 0.675. The summed E-state index contributed by atoms with van der Waals surface area (Å²) >= 11 is 5.79. The minimum absolute atomic E-state index is 0.713. The Labute approximate surface area is 140 Å². The van der Waals surface area contributed by atoms with Crippen molar-refractivity contribution in [1.29, 1.82) is 0 Å². The maximum Gasteiger partial charge on any atom is 0.174 e. The molecule has 0 fully saturated rings. The van der Waals surface area contributed by atoms with Crippen molar-refractivity contribution in [1.82, 2.24) is 0 Å². The summed E-state index contributed by atoms with van der Waals surface area (Å²) in [5.74, 6) is 1.44. The van der Waals surface area contributed by atoms with Gasteiger partial charge in [-0.1, -0.05) is 0 Å². The van der Waals surface area contributed by atoms with Gasteiger partial charge in [-0.2, -0.15) is 0 Å². The van der Waals surface area contributed by atoms with Gasteiger partial charge in [0.05, 0.1) is 18.7 Å². The highest BCUT2D eigenvalue weighted by atomic mass is 127. The van der Waals surface area contributed by atoms with Crippen LogP contribution in [0.2, 0.25) is 0 Å². The minimum Gasteiger partial charge on any atom is -0.493 e. The summed E-state index contributed by atoms with van der Waals surface area (Å²) in [6.45, 7) is 0.722. The largest absolute Gasteiger partial charge is 0.493 e. The van der Waals surface area contributed by atoms with Crippen LogP contribution in [0, 0.1) is 3.57 Å². The smallest absolute Gasteiger partial charge is 0.174 e. The van der Waals surface area contributed by atoms with E-state index in [0.717, 1.165) is 28.0 Å². The zero-order valence-electron chi connectivity index (χ0n) is 11.2. The lowest BCUT2D eigenvalue weighted by atomic mass is 10.2. The van der Waals surface area contributed by atoms with Crippen LogP contribution in [-0.4, -0.2) is 14.2 Å². The predicted octanol–water partition coefficient (Wildman–Crippen LogP) is 4.68. The lowest BCUT2D eigenvalue weighted by Crippen LogP contribution is -2.01. The lowest BCUT2D eigenvalue weighted by Gasteiger charge is -2.13. The minimum atomic E-state index is 0.713. The second-order valence-corrected chi connectivity index (χ2v) is 6.27. The van der Waals surface area contributed by atoms with Crippen LogP contribution in [0.5, 0.6) is 11.5 Å². The normalized spacial score (nSPS) is 10.2. The maximum atomic E-state index is 5.34. The molecule has 106 valence electrons. The van der Waals surface area contributed by atoms with E-state index in [9.17, 15) is 0 Å². The summed E-state index contributed by atoms with van der Waals surface area (Å²) in [7, 11) is 3.27. The Balaban J connectivity index is 2.13. The molecule has 0 spiro atoms. The SMILES string of the molecule is COc1cc(CNc2ccc(I)cc2)cc(Br)c1OC. The molecule has 0 aliphatic heterocycles. The average molecular weight is 448 g/mol. The van der Waals surface area contributed by atoms with Gasteiger partial charge in [-0.3, -0.25) is 0 Å². The van der Waals surface area contributed by atoms with Gasteiger partial charge in [0, 0.05) is 15.8 Å². The van der Waals surface area contributed by atoms with Crippen LogP contribution in [0.15, 0.2) is 40.9 Å². The first-order chi connectivity index (χ1) is 9.63. The number of hydrogen-bond donors (Lipinski definition) is 1. The van der Waals surface area contributed by atoms with Gasteiger partial charge in [-0.25, -0.2) is 0 Å². The van der Waals surface area contributed by atoms with Gasteiger partial charge in [0.2, 0.25) is 0 Å². The van der Waals surface area contributed by atoms with E-state index in [-0.39, 0.29) is 0 Å².